The first-order valence-electron chi connectivity index (χ1n) is 12.1. The summed E-state index contributed by atoms with van der Waals surface area (Å²) in [6.45, 7) is 6.02. The number of pyridine rings is 1. The number of aromatic amines is 1. The van der Waals surface area contributed by atoms with Gasteiger partial charge in [0.2, 0.25) is 6.79 Å². The average molecular weight is 512 g/mol. The highest BCUT2D eigenvalue weighted by atomic mass is 32.1. The van der Waals surface area contributed by atoms with Gasteiger partial charge in [0.25, 0.3) is 5.56 Å². The van der Waals surface area contributed by atoms with Gasteiger partial charge < -0.3 is 38.9 Å². The van der Waals surface area contributed by atoms with Crippen molar-refractivity contribution in [1.29, 1.82) is 0 Å². The van der Waals surface area contributed by atoms with E-state index in [0.29, 0.717) is 79.5 Å². The molecule has 2 aromatic carbocycles. The SMILES string of the molecule is CCOCCCNC(=S)N(Cc1ccc2c(c1)OCO2)Cc1cc2cc3c(cc2[nH]c1=O)OCCO3. The van der Waals surface area contributed by atoms with Crippen LogP contribution in [0.5, 0.6) is 23.0 Å². The molecule has 2 aliphatic heterocycles. The average Bonchev–Trinajstić information content (AvgIpc) is 3.35. The third-order valence-corrected chi connectivity index (χ3v) is 6.39. The summed E-state index contributed by atoms with van der Waals surface area (Å²) in [6, 6.07) is 11.4. The van der Waals surface area contributed by atoms with E-state index >= 15 is 0 Å². The molecular formula is C26H29N3O6S. The number of rotatable bonds is 9. The molecule has 190 valence electrons. The van der Waals surface area contributed by atoms with Crippen LogP contribution < -0.4 is 29.8 Å². The number of hydrogen-bond donors (Lipinski definition) is 2. The van der Waals surface area contributed by atoms with Gasteiger partial charge in [0, 0.05) is 43.3 Å². The van der Waals surface area contributed by atoms with E-state index in [4.69, 9.17) is 35.9 Å². The number of ether oxygens (including phenoxy) is 5. The standard InChI is InChI=1S/C26H29N3O6S/c1-2-31-7-3-6-27-26(36)29(14-17-4-5-21-22(10-17)35-16-34-21)15-19-11-18-12-23-24(33-9-8-32-23)13-20(18)28-25(19)30/h4-5,10-13H,2-3,6-9,14-16H2,1H3,(H,27,36)(H,28,30). The number of benzene rings is 2. The number of hydrogen-bond acceptors (Lipinski definition) is 7. The molecule has 0 amide bonds. The molecule has 0 aliphatic carbocycles. The Hall–Kier alpha value is -3.50. The molecule has 0 saturated carbocycles. The second-order valence-electron chi connectivity index (χ2n) is 8.53. The fraction of sp³-hybridized carbons (Fsp3) is 0.385. The van der Waals surface area contributed by atoms with E-state index in [0.717, 1.165) is 23.1 Å². The fourth-order valence-corrected chi connectivity index (χ4v) is 4.43. The predicted molar refractivity (Wildman–Crippen MR) is 139 cm³/mol. The lowest BCUT2D eigenvalue weighted by Crippen LogP contribution is -2.40. The van der Waals surface area contributed by atoms with Gasteiger partial charge in [0.15, 0.2) is 28.1 Å². The van der Waals surface area contributed by atoms with Gasteiger partial charge in [-0.2, -0.15) is 0 Å². The van der Waals surface area contributed by atoms with Crippen LogP contribution in [-0.4, -0.2) is 54.8 Å². The first-order chi connectivity index (χ1) is 17.6. The van der Waals surface area contributed by atoms with Crippen molar-refractivity contribution in [3.8, 4) is 23.0 Å². The Morgan fingerprint density at radius 1 is 1.03 bits per heavy atom. The Bertz CT molecular complexity index is 1310. The number of thiocarbonyl (C=S) groups is 1. The van der Waals surface area contributed by atoms with E-state index in [9.17, 15) is 4.79 Å². The van der Waals surface area contributed by atoms with Gasteiger partial charge in [0.1, 0.15) is 13.2 Å². The maximum atomic E-state index is 13.0. The van der Waals surface area contributed by atoms with Gasteiger partial charge in [-0.25, -0.2) is 0 Å². The molecule has 0 atom stereocenters. The van der Waals surface area contributed by atoms with Gasteiger partial charge >= 0.3 is 0 Å². The van der Waals surface area contributed by atoms with Crippen molar-refractivity contribution in [1.82, 2.24) is 15.2 Å². The molecule has 0 unspecified atom stereocenters. The Morgan fingerprint density at radius 2 is 1.81 bits per heavy atom. The van der Waals surface area contributed by atoms with Crippen LogP contribution in [0.2, 0.25) is 0 Å². The molecule has 0 saturated heterocycles. The first kappa shape index (κ1) is 24.2. The molecule has 3 aromatic rings. The Morgan fingerprint density at radius 3 is 2.64 bits per heavy atom. The van der Waals surface area contributed by atoms with Gasteiger partial charge in [-0.05, 0) is 55.4 Å². The van der Waals surface area contributed by atoms with Gasteiger partial charge in [0.05, 0.1) is 12.1 Å². The third kappa shape index (κ3) is 5.50. The van der Waals surface area contributed by atoms with E-state index in [-0.39, 0.29) is 12.4 Å². The van der Waals surface area contributed by atoms with Crippen LogP contribution in [0.3, 0.4) is 0 Å². The number of H-pyrrole nitrogens is 1. The molecule has 3 heterocycles. The minimum Gasteiger partial charge on any atom is -0.486 e. The lowest BCUT2D eigenvalue weighted by atomic mass is 10.1. The van der Waals surface area contributed by atoms with Gasteiger partial charge in [-0.1, -0.05) is 6.07 Å². The molecule has 9 nitrogen and oxygen atoms in total. The largest absolute Gasteiger partial charge is 0.486 e. The van der Waals surface area contributed by atoms with Crippen molar-refractivity contribution >= 4 is 28.2 Å². The predicted octanol–water partition coefficient (Wildman–Crippen LogP) is 3.33. The van der Waals surface area contributed by atoms with E-state index in [1.54, 1.807) is 0 Å². The zero-order chi connectivity index (χ0) is 24.9. The molecule has 10 heteroatoms. The van der Waals surface area contributed by atoms with Crippen LogP contribution in [-0.2, 0) is 17.8 Å². The number of fused-ring (bicyclic) bond motifs is 3. The molecule has 2 aliphatic rings. The normalized spacial score (nSPS) is 13.6. The lowest BCUT2D eigenvalue weighted by Gasteiger charge is -2.26. The summed E-state index contributed by atoms with van der Waals surface area (Å²) in [7, 11) is 0. The Balaban J connectivity index is 1.38. The van der Waals surface area contributed by atoms with Crippen molar-refractivity contribution in [2.24, 2.45) is 0 Å². The van der Waals surface area contributed by atoms with Crippen LogP contribution in [0.1, 0.15) is 24.5 Å². The monoisotopic (exact) mass is 511 g/mol. The van der Waals surface area contributed by atoms with E-state index < -0.39 is 0 Å². The van der Waals surface area contributed by atoms with Crippen molar-refractivity contribution in [3.05, 3.63) is 57.9 Å². The first-order valence-corrected chi connectivity index (χ1v) is 12.5. The van der Waals surface area contributed by atoms with Crippen LogP contribution in [0.25, 0.3) is 10.9 Å². The Labute approximate surface area is 214 Å². The summed E-state index contributed by atoms with van der Waals surface area (Å²) < 4.78 is 27.8. The highest BCUT2D eigenvalue weighted by molar-refractivity contribution is 7.80. The molecule has 1 aromatic heterocycles. The highest BCUT2D eigenvalue weighted by Gasteiger charge is 2.19. The summed E-state index contributed by atoms with van der Waals surface area (Å²) in [5, 5.41) is 4.73. The fourth-order valence-electron chi connectivity index (χ4n) is 4.20. The zero-order valence-corrected chi connectivity index (χ0v) is 20.9. The van der Waals surface area contributed by atoms with Gasteiger partial charge in [-0.15, -0.1) is 0 Å². The molecule has 5 rings (SSSR count). The summed E-state index contributed by atoms with van der Waals surface area (Å²) in [6.07, 6.45) is 0.829. The molecule has 0 fully saturated rings. The van der Waals surface area contributed by atoms with Gasteiger partial charge in [-0.3, -0.25) is 4.79 Å². The third-order valence-electron chi connectivity index (χ3n) is 5.99. The van der Waals surface area contributed by atoms with E-state index in [2.05, 4.69) is 10.3 Å². The second-order valence-corrected chi connectivity index (χ2v) is 8.92. The minimum absolute atomic E-state index is 0.172. The molecule has 36 heavy (non-hydrogen) atoms. The van der Waals surface area contributed by atoms with Crippen LogP contribution in [0.4, 0.5) is 0 Å². The number of nitrogens with zero attached hydrogens (tertiary/aromatic N) is 1. The van der Waals surface area contributed by atoms with Crippen LogP contribution in [0.15, 0.2) is 41.2 Å². The van der Waals surface area contributed by atoms with E-state index in [1.165, 1.54) is 0 Å². The molecular weight excluding hydrogens is 482 g/mol. The summed E-state index contributed by atoms with van der Waals surface area (Å²) in [5.74, 6) is 2.75. The van der Waals surface area contributed by atoms with Crippen molar-refractivity contribution in [2.45, 2.75) is 26.4 Å². The molecule has 0 bridgehead atoms. The number of aromatic nitrogens is 1. The van der Waals surface area contributed by atoms with Crippen molar-refractivity contribution in [2.75, 3.05) is 39.8 Å². The summed E-state index contributed by atoms with van der Waals surface area (Å²) in [4.78, 5) is 18.0. The van der Waals surface area contributed by atoms with Crippen LogP contribution >= 0.6 is 12.2 Å². The van der Waals surface area contributed by atoms with Crippen molar-refractivity contribution in [3.63, 3.8) is 0 Å². The number of nitrogens with one attached hydrogen (secondary N) is 2. The Kier molecular flexibility index (Phi) is 7.43. The molecule has 2 N–H and O–H groups in total. The summed E-state index contributed by atoms with van der Waals surface area (Å²) in [5.41, 5.74) is 2.12. The molecule has 0 spiro atoms. The van der Waals surface area contributed by atoms with Crippen molar-refractivity contribution < 1.29 is 23.7 Å². The second kappa shape index (κ2) is 11.0. The van der Waals surface area contributed by atoms with E-state index in [1.807, 2.05) is 48.2 Å². The minimum atomic E-state index is -0.172. The smallest absolute Gasteiger partial charge is 0.253 e. The maximum Gasteiger partial charge on any atom is 0.253 e. The zero-order valence-electron chi connectivity index (χ0n) is 20.1. The van der Waals surface area contributed by atoms with Crippen LogP contribution in [0, 0.1) is 0 Å². The lowest BCUT2D eigenvalue weighted by molar-refractivity contribution is 0.145. The summed E-state index contributed by atoms with van der Waals surface area (Å²) >= 11 is 5.74. The topological polar surface area (TPSA) is 94.3 Å². The highest BCUT2D eigenvalue weighted by Crippen LogP contribution is 2.34. The molecule has 0 radical (unpaired) electrons. The quantitative estimate of drug-likeness (QED) is 0.331. The maximum absolute atomic E-state index is 13.0.